The number of benzene rings is 1. The minimum atomic E-state index is -0.282. The van der Waals surface area contributed by atoms with Gasteiger partial charge < -0.3 is 19.9 Å². The van der Waals surface area contributed by atoms with Crippen LogP contribution >= 0.6 is 0 Å². The van der Waals surface area contributed by atoms with E-state index in [0.29, 0.717) is 23.9 Å². The van der Waals surface area contributed by atoms with Gasteiger partial charge >= 0.3 is 0 Å². The molecule has 0 unspecified atom stereocenters. The van der Waals surface area contributed by atoms with Gasteiger partial charge in [-0.25, -0.2) is 0 Å². The van der Waals surface area contributed by atoms with Gasteiger partial charge in [0.05, 0.1) is 26.7 Å². The van der Waals surface area contributed by atoms with Gasteiger partial charge in [0, 0.05) is 23.6 Å². The maximum absolute atomic E-state index is 7.51. The molecule has 0 aliphatic rings. The Morgan fingerprint density at radius 3 is 2.05 bits per heavy atom. The normalized spacial score (nSPS) is 11.0. The summed E-state index contributed by atoms with van der Waals surface area (Å²) in [4.78, 5) is 0. The van der Waals surface area contributed by atoms with Gasteiger partial charge in [0.15, 0.2) is 0 Å². The number of ether oxygens (including phenoxy) is 3. The molecule has 0 saturated heterocycles. The summed E-state index contributed by atoms with van der Waals surface area (Å²) in [5.74, 6) is 2.31. The van der Waals surface area contributed by atoms with Crippen molar-refractivity contribution in [2.24, 2.45) is 11.1 Å². The van der Waals surface area contributed by atoms with Gasteiger partial charge in [-0.3, -0.25) is 5.41 Å². The lowest BCUT2D eigenvalue weighted by atomic mass is 9.87. The molecular weight excluding hydrogens is 256 g/mol. The van der Waals surface area contributed by atoms with E-state index in [2.05, 4.69) is 0 Å². The van der Waals surface area contributed by atoms with Gasteiger partial charge in [0.25, 0.3) is 0 Å². The summed E-state index contributed by atoms with van der Waals surface area (Å²) in [6.07, 6.45) is 1.63. The van der Waals surface area contributed by atoms with E-state index in [1.54, 1.807) is 20.3 Å². The first-order chi connectivity index (χ1) is 9.39. The van der Waals surface area contributed by atoms with Crippen molar-refractivity contribution in [2.45, 2.75) is 26.7 Å². The molecule has 0 radical (unpaired) electrons. The lowest BCUT2D eigenvalue weighted by Crippen LogP contribution is -2.31. The summed E-state index contributed by atoms with van der Waals surface area (Å²) < 4.78 is 16.1. The van der Waals surface area contributed by atoms with Crippen LogP contribution in [0, 0.1) is 10.8 Å². The molecule has 1 aromatic carbocycles. The number of nitrogens with two attached hydrogens (primary N) is 1. The monoisotopic (exact) mass is 280 g/mol. The van der Waals surface area contributed by atoms with Crippen LogP contribution in [0.2, 0.25) is 0 Å². The number of nitrogens with one attached hydrogen (secondary N) is 1. The third kappa shape index (κ3) is 4.64. The molecule has 0 aromatic heterocycles. The Kier molecular flexibility index (Phi) is 5.67. The Hall–Kier alpha value is -1.91. The fourth-order valence-electron chi connectivity index (χ4n) is 1.70. The number of rotatable bonds is 8. The van der Waals surface area contributed by atoms with Gasteiger partial charge in [0.2, 0.25) is 0 Å². The molecular formula is C15H24N2O3. The molecule has 0 fully saturated rings. The summed E-state index contributed by atoms with van der Waals surface area (Å²) in [7, 11) is 3.21. The molecule has 5 heteroatoms. The lowest BCUT2D eigenvalue weighted by molar-refractivity contribution is 0.283. The maximum Gasteiger partial charge on any atom is 0.126 e. The molecule has 0 spiro atoms. The Morgan fingerprint density at radius 1 is 1.10 bits per heavy atom. The highest BCUT2D eigenvalue weighted by Gasteiger charge is 2.20. The highest BCUT2D eigenvalue weighted by atomic mass is 16.5. The Balaban J connectivity index is 2.52. The summed E-state index contributed by atoms with van der Waals surface area (Å²) in [5.41, 5.74) is 5.27. The zero-order chi connectivity index (χ0) is 15.2. The molecule has 112 valence electrons. The fraction of sp³-hybridized carbons (Fsp3) is 0.533. The third-order valence-electron chi connectivity index (χ3n) is 3.27. The van der Waals surface area contributed by atoms with Gasteiger partial charge in [-0.05, 0) is 12.8 Å². The zero-order valence-corrected chi connectivity index (χ0v) is 12.7. The van der Waals surface area contributed by atoms with Gasteiger partial charge in [-0.15, -0.1) is 0 Å². The second-order valence-electron chi connectivity index (χ2n) is 5.30. The lowest BCUT2D eigenvalue weighted by Gasteiger charge is -2.22. The predicted molar refractivity (Wildman–Crippen MR) is 80.0 cm³/mol. The maximum atomic E-state index is 7.51. The van der Waals surface area contributed by atoms with E-state index < -0.39 is 0 Å². The van der Waals surface area contributed by atoms with Crippen molar-refractivity contribution in [3.8, 4) is 17.2 Å². The number of hydrogen-bond acceptors (Lipinski definition) is 4. The van der Waals surface area contributed by atoms with E-state index >= 15 is 0 Å². The molecule has 0 aliphatic carbocycles. The minimum absolute atomic E-state index is 0.209. The summed E-state index contributed by atoms with van der Waals surface area (Å²) >= 11 is 0. The molecule has 1 aromatic rings. The second-order valence-corrected chi connectivity index (χ2v) is 5.30. The molecule has 0 bridgehead atoms. The van der Waals surface area contributed by atoms with Crippen molar-refractivity contribution >= 4 is 5.84 Å². The van der Waals surface area contributed by atoms with Gasteiger partial charge in [-0.1, -0.05) is 13.8 Å². The average molecular weight is 280 g/mol. The quantitative estimate of drug-likeness (QED) is 0.436. The second kappa shape index (κ2) is 7.03. The largest absolute Gasteiger partial charge is 0.496 e. The molecule has 0 amide bonds. The average Bonchev–Trinajstić information content (AvgIpc) is 2.43. The van der Waals surface area contributed by atoms with E-state index in [1.165, 1.54) is 0 Å². The SMILES string of the molecule is COc1cc(OC)cc(OCCCC(C)(C)C(=N)N)c1. The van der Waals surface area contributed by atoms with Crippen LogP contribution in [-0.2, 0) is 0 Å². The van der Waals surface area contributed by atoms with Crippen LogP contribution in [0.4, 0.5) is 0 Å². The highest BCUT2D eigenvalue weighted by molar-refractivity contribution is 5.82. The van der Waals surface area contributed by atoms with Gasteiger partial charge in [0.1, 0.15) is 17.2 Å². The van der Waals surface area contributed by atoms with Crippen LogP contribution in [0.15, 0.2) is 18.2 Å². The Labute approximate surface area is 120 Å². The molecule has 5 nitrogen and oxygen atoms in total. The number of amidine groups is 1. The molecule has 0 aliphatic heterocycles. The number of hydrogen-bond donors (Lipinski definition) is 2. The molecule has 0 heterocycles. The molecule has 1 rings (SSSR count). The Bertz CT molecular complexity index is 436. The molecule has 3 N–H and O–H groups in total. The first-order valence-electron chi connectivity index (χ1n) is 6.59. The van der Waals surface area contributed by atoms with E-state index in [9.17, 15) is 0 Å². The fourth-order valence-corrected chi connectivity index (χ4v) is 1.70. The number of methoxy groups -OCH3 is 2. The van der Waals surface area contributed by atoms with Crippen LogP contribution in [-0.4, -0.2) is 26.7 Å². The first-order valence-corrected chi connectivity index (χ1v) is 6.59. The third-order valence-corrected chi connectivity index (χ3v) is 3.27. The Morgan fingerprint density at radius 2 is 1.60 bits per heavy atom. The van der Waals surface area contributed by atoms with Crippen LogP contribution < -0.4 is 19.9 Å². The van der Waals surface area contributed by atoms with E-state index in [4.69, 9.17) is 25.4 Å². The van der Waals surface area contributed by atoms with Crippen molar-refractivity contribution in [1.82, 2.24) is 0 Å². The first kappa shape index (κ1) is 16.1. The van der Waals surface area contributed by atoms with Crippen LogP contribution in [0.3, 0.4) is 0 Å². The van der Waals surface area contributed by atoms with Crippen LogP contribution in [0.1, 0.15) is 26.7 Å². The van der Waals surface area contributed by atoms with E-state index in [0.717, 1.165) is 12.8 Å². The minimum Gasteiger partial charge on any atom is -0.496 e. The van der Waals surface area contributed by atoms with Crippen LogP contribution in [0.25, 0.3) is 0 Å². The summed E-state index contributed by atoms with van der Waals surface area (Å²) in [5, 5.41) is 7.51. The molecule has 0 atom stereocenters. The van der Waals surface area contributed by atoms with Crippen molar-refractivity contribution < 1.29 is 14.2 Å². The van der Waals surface area contributed by atoms with Crippen LogP contribution in [0.5, 0.6) is 17.2 Å². The standard InChI is InChI=1S/C15H24N2O3/c1-15(2,14(16)17)6-5-7-20-13-9-11(18-3)8-12(10-13)19-4/h8-10H,5-7H2,1-4H3,(H3,16,17). The van der Waals surface area contributed by atoms with Crippen molar-refractivity contribution in [3.63, 3.8) is 0 Å². The molecule has 20 heavy (non-hydrogen) atoms. The smallest absolute Gasteiger partial charge is 0.126 e. The van der Waals surface area contributed by atoms with E-state index in [1.807, 2.05) is 26.0 Å². The predicted octanol–water partition coefficient (Wildman–Crippen LogP) is 2.82. The van der Waals surface area contributed by atoms with E-state index in [-0.39, 0.29) is 11.3 Å². The summed E-state index contributed by atoms with van der Waals surface area (Å²) in [6, 6.07) is 5.43. The zero-order valence-electron chi connectivity index (χ0n) is 12.7. The van der Waals surface area contributed by atoms with Crippen molar-refractivity contribution in [3.05, 3.63) is 18.2 Å². The highest BCUT2D eigenvalue weighted by Crippen LogP contribution is 2.28. The van der Waals surface area contributed by atoms with Gasteiger partial charge in [-0.2, -0.15) is 0 Å². The molecule has 0 saturated carbocycles. The van der Waals surface area contributed by atoms with Crippen molar-refractivity contribution in [2.75, 3.05) is 20.8 Å². The topological polar surface area (TPSA) is 77.6 Å². The summed E-state index contributed by atoms with van der Waals surface area (Å²) in [6.45, 7) is 4.49. The van der Waals surface area contributed by atoms with Crippen molar-refractivity contribution in [1.29, 1.82) is 5.41 Å².